The highest BCUT2D eigenvalue weighted by atomic mass is 32.2. The van der Waals surface area contributed by atoms with Gasteiger partial charge in [0.05, 0.1) is 11.1 Å². The summed E-state index contributed by atoms with van der Waals surface area (Å²) >= 11 is 1.24. The molecule has 102 valence electrons. The summed E-state index contributed by atoms with van der Waals surface area (Å²) in [4.78, 5) is 23.4. The summed E-state index contributed by atoms with van der Waals surface area (Å²) in [6.07, 6.45) is 0. The Morgan fingerprint density at radius 2 is 1.60 bits per heavy atom. The molecule has 0 radical (unpaired) electrons. The SMILES string of the molecule is Nc1ccc(Sc2ccc(C(=O)O)cc2C(=O)O)cc1. The van der Waals surface area contributed by atoms with Crippen molar-refractivity contribution in [3.63, 3.8) is 0 Å². The number of nitrogens with two attached hydrogens (primary N) is 1. The first-order valence-electron chi connectivity index (χ1n) is 5.61. The zero-order chi connectivity index (χ0) is 14.7. The molecule has 0 aromatic heterocycles. The first-order valence-corrected chi connectivity index (χ1v) is 6.43. The topological polar surface area (TPSA) is 101 Å². The second kappa shape index (κ2) is 5.66. The quantitative estimate of drug-likeness (QED) is 0.748. The first-order chi connectivity index (χ1) is 9.47. The van der Waals surface area contributed by atoms with E-state index in [1.165, 1.54) is 23.9 Å². The van der Waals surface area contributed by atoms with Crippen LogP contribution in [0.2, 0.25) is 0 Å². The summed E-state index contributed by atoms with van der Waals surface area (Å²) in [5.41, 5.74) is 6.11. The predicted octanol–water partition coefficient (Wildman–Crippen LogP) is 2.82. The second-order valence-electron chi connectivity index (χ2n) is 3.99. The van der Waals surface area contributed by atoms with E-state index in [9.17, 15) is 9.59 Å². The third kappa shape index (κ3) is 3.10. The van der Waals surface area contributed by atoms with E-state index in [1.807, 2.05) is 0 Å². The molecular weight excluding hydrogens is 278 g/mol. The first kappa shape index (κ1) is 14.0. The van der Waals surface area contributed by atoms with Crippen LogP contribution in [0.25, 0.3) is 0 Å². The van der Waals surface area contributed by atoms with Crippen molar-refractivity contribution in [2.45, 2.75) is 9.79 Å². The molecule has 0 spiro atoms. The van der Waals surface area contributed by atoms with Gasteiger partial charge in [-0.1, -0.05) is 11.8 Å². The van der Waals surface area contributed by atoms with Gasteiger partial charge in [-0.3, -0.25) is 0 Å². The molecule has 0 saturated heterocycles. The third-order valence-corrected chi connectivity index (χ3v) is 3.65. The number of rotatable bonds is 4. The van der Waals surface area contributed by atoms with Crippen molar-refractivity contribution in [1.29, 1.82) is 0 Å². The van der Waals surface area contributed by atoms with E-state index < -0.39 is 11.9 Å². The van der Waals surface area contributed by atoms with E-state index in [2.05, 4.69) is 0 Å². The minimum absolute atomic E-state index is 0.0354. The number of nitrogen functional groups attached to an aromatic ring is 1. The van der Waals surface area contributed by atoms with Crippen LogP contribution < -0.4 is 5.73 Å². The fraction of sp³-hybridized carbons (Fsp3) is 0. The van der Waals surface area contributed by atoms with Crippen molar-refractivity contribution in [3.8, 4) is 0 Å². The number of aromatic carboxylic acids is 2. The minimum Gasteiger partial charge on any atom is -0.478 e. The summed E-state index contributed by atoms with van der Waals surface area (Å²) in [7, 11) is 0. The monoisotopic (exact) mass is 289 g/mol. The molecule has 0 heterocycles. The van der Waals surface area contributed by atoms with E-state index in [4.69, 9.17) is 15.9 Å². The number of carboxylic acids is 2. The number of hydrogen-bond donors (Lipinski definition) is 3. The standard InChI is InChI=1S/C14H11NO4S/c15-9-2-4-10(5-3-9)20-12-6-1-8(13(16)17)7-11(12)14(18)19/h1-7H,15H2,(H,16,17)(H,18,19). The van der Waals surface area contributed by atoms with E-state index in [0.717, 1.165) is 11.0 Å². The maximum Gasteiger partial charge on any atom is 0.336 e. The molecule has 0 aliphatic heterocycles. The lowest BCUT2D eigenvalue weighted by molar-refractivity contribution is 0.0693. The molecule has 4 N–H and O–H groups in total. The highest BCUT2D eigenvalue weighted by molar-refractivity contribution is 7.99. The van der Waals surface area contributed by atoms with Crippen LogP contribution >= 0.6 is 11.8 Å². The largest absolute Gasteiger partial charge is 0.478 e. The molecule has 0 atom stereocenters. The maximum atomic E-state index is 11.2. The van der Waals surface area contributed by atoms with Crippen LogP contribution in [0.15, 0.2) is 52.3 Å². The molecule has 2 aromatic rings. The van der Waals surface area contributed by atoms with Crippen LogP contribution in [-0.2, 0) is 0 Å². The van der Waals surface area contributed by atoms with Gasteiger partial charge in [0.25, 0.3) is 0 Å². The van der Waals surface area contributed by atoms with E-state index in [-0.39, 0.29) is 11.1 Å². The van der Waals surface area contributed by atoms with Gasteiger partial charge < -0.3 is 15.9 Å². The van der Waals surface area contributed by atoms with Crippen LogP contribution in [-0.4, -0.2) is 22.2 Å². The predicted molar refractivity (Wildman–Crippen MR) is 75.3 cm³/mol. The average molecular weight is 289 g/mol. The van der Waals surface area contributed by atoms with Crippen LogP contribution in [0, 0.1) is 0 Å². The molecule has 2 rings (SSSR count). The van der Waals surface area contributed by atoms with Crippen molar-refractivity contribution in [1.82, 2.24) is 0 Å². The maximum absolute atomic E-state index is 11.2. The summed E-state index contributed by atoms with van der Waals surface area (Å²) in [5, 5.41) is 18.1. The van der Waals surface area contributed by atoms with Gasteiger partial charge in [0.2, 0.25) is 0 Å². The number of carbonyl (C=O) groups is 2. The van der Waals surface area contributed by atoms with Crippen LogP contribution in [0.5, 0.6) is 0 Å². The normalized spacial score (nSPS) is 10.2. The molecule has 0 aliphatic rings. The number of hydrogen-bond acceptors (Lipinski definition) is 4. The van der Waals surface area contributed by atoms with Crippen molar-refractivity contribution in [3.05, 3.63) is 53.6 Å². The Kier molecular flexibility index (Phi) is 3.95. The Balaban J connectivity index is 2.38. The van der Waals surface area contributed by atoms with Crippen LogP contribution in [0.1, 0.15) is 20.7 Å². The molecule has 0 fully saturated rings. The summed E-state index contributed by atoms with van der Waals surface area (Å²) in [5.74, 6) is -2.32. The van der Waals surface area contributed by atoms with Gasteiger partial charge in [-0.05, 0) is 42.5 Å². The molecule has 0 unspecified atom stereocenters. The Bertz CT molecular complexity index is 667. The van der Waals surface area contributed by atoms with E-state index in [1.54, 1.807) is 24.3 Å². The van der Waals surface area contributed by atoms with Crippen molar-refractivity contribution < 1.29 is 19.8 Å². The Labute approximate surface area is 119 Å². The van der Waals surface area contributed by atoms with Gasteiger partial charge in [-0.15, -0.1) is 0 Å². The smallest absolute Gasteiger partial charge is 0.336 e. The summed E-state index contributed by atoms with van der Waals surface area (Å²) in [6, 6.07) is 11.0. The van der Waals surface area contributed by atoms with Crippen molar-refractivity contribution in [2.75, 3.05) is 5.73 Å². The molecular formula is C14H11NO4S. The third-order valence-electron chi connectivity index (χ3n) is 2.56. The lowest BCUT2D eigenvalue weighted by Gasteiger charge is -2.07. The molecule has 6 heteroatoms. The molecule has 0 amide bonds. The highest BCUT2D eigenvalue weighted by Gasteiger charge is 2.14. The zero-order valence-corrected chi connectivity index (χ0v) is 11.1. The molecule has 2 aromatic carbocycles. The van der Waals surface area contributed by atoms with Crippen LogP contribution in [0.4, 0.5) is 5.69 Å². The van der Waals surface area contributed by atoms with E-state index in [0.29, 0.717) is 10.6 Å². The van der Waals surface area contributed by atoms with Crippen molar-refractivity contribution in [2.24, 2.45) is 0 Å². The van der Waals surface area contributed by atoms with Gasteiger partial charge in [0, 0.05) is 15.5 Å². The fourth-order valence-electron chi connectivity index (χ4n) is 1.58. The van der Waals surface area contributed by atoms with Gasteiger partial charge in [0.15, 0.2) is 0 Å². The lowest BCUT2D eigenvalue weighted by Crippen LogP contribution is -2.03. The Morgan fingerprint density at radius 1 is 0.950 bits per heavy atom. The second-order valence-corrected chi connectivity index (χ2v) is 5.11. The highest BCUT2D eigenvalue weighted by Crippen LogP contribution is 2.31. The van der Waals surface area contributed by atoms with Crippen LogP contribution in [0.3, 0.4) is 0 Å². The lowest BCUT2D eigenvalue weighted by atomic mass is 10.1. The van der Waals surface area contributed by atoms with E-state index >= 15 is 0 Å². The van der Waals surface area contributed by atoms with Gasteiger partial charge >= 0.3 is 11.9 Å². The molecule has 20 heavy (non-hydrogen) atoms. The average Bonchev–Trinajstić information content (AvgIpc) is 2.41. The number of carboxylic acid groups (broad SMARTS) is 2. The fourth-order valence-corrected chi connectivity index (χ4v) is 2.50. The molecule has 0 aliphatic carbocycles. The molecule has 0 saturated carbocycles. The Morgan fingerprint density at radius 3 is 2.15 bits per heavy atom. The van der Waals surface area contributed by atoms with Gasteiger partial charge in [0.1, 0.15) is 0 Å². The number of anilines is 1. The van der Waals surface area contributed by atoms with Gasteiger partial charge in [-0.2, -0.15) is 0 Å². The summed E-state index contributed by atoms with van der Waals surface area (Å²) < 4.78 is 0. The van der Waals surface area contributed by atoms with Gasteiger partial charge in [-0.25, -0.2) is 9.59 Å². The summed E-state index contributed by atoms with van der Waals surface area (Å²) in [6.45, 7) is 0. The minimum atomic E-state index is -1.16. The Hall–Kier alpha value is -2.47. The molecule has 5 nitrogen and oxygen atoms in total. The zero-order valence-electron chi connectivity index (χ0n) is 10.2. The van der Waals surface area contributed by atoms with Crippen molar-refractivity contribution >= 4 is 29.4 Å². The number of benzene rings is 2. The molecule has 0 bridgehead atoms.